The summed E-state index contributed by atoms with van der Waals surface area (Å²) < 4.78 is 0. The minimum absolute atomic E-state index is 0.0573. The van der Waals surface area contributed by atoms with Gasteiger partial charge in [0.2, 0.25) is 0 Å². The molecule has 0 N–H and O–H groups in total. The standard InChI is InChI=1S/C8H13N/c1-8(2,6-9)7-4-3-5-7/h7H,3-5H2,1-2H3. The lowest BCUT2D eigenvalue weighted by Crippen LogP contribution is -2.27. The number of rotatable bonds is 1. The quantitative estimate of drug-likeness (QED) is 0.525. The van der Waals surface area contributed by atoms with Crippen LogP contribution in [0.2, 0.25) is 0 Å². The van der Waals surface area contributed by atoms with E-state index in [1.807, 2.05) is 13.8 Å². The lowest BCUT2D eigenvalue weighted by molar-refractivity contribution is 0.176. The smallest absolute Gasteiger partial charge is 0.0686 e. The van der Waals surface area contributed by atoms with E-state index in [1.165, 1.54) is 19.3 Å². The summed E-state index contributed by atoms with van der Waals surface area (Å²) in [5.74, 6) is 0.683. The average molecular weight is 123 g/mol. The molecule has 0 spiro atoms. The van der Waals surface area contributed by atoms with Gasteiger partial charge in [-0.25, -0.2) is 0 Å². The summed E-state index contributed by atoms with van der Waals surface area (Å²) in [6.45, 7) is 4.08. The summed E-state index contributed by atoms with van der Waals surface area (Å²) >= 11 is 0. The van der Waals surface area contributed by atoms with Crippen LogP contribution >= 0.6 is 0 Å². The highest BCUT2D eigenvalue weighted by Crippen LogP contribution is 2.40. The van der Waals surface area contributed by atoms with Crippen molar-refractivity contribution in [3.63, 3.8) is 0 Å². The van der Waals surface area contributed by atoms with Crippen LogP contribution in [0, 0.1) is 22.7 Å². The molecule has 0 unspecified atom stereocenters. The van der Waals surface area contributed by atoms with Gasteiger partial charge in [-0.2, -0.15) is 5.26 Å². The molecular weight excluding hydrogens is 110 g/mol. The van der Waals surface area contributed by atoms with Crippen LogP contribution < -0.4 is 0 Å². The number of hydrogen-bond acceptors (Lipinski definition) is 1. The van der Waals surface area contributed by atoms with Gasteiger partial charge in [0.15, 0.2) is 0 Å². The zero-order valence-electron chi connectivity index (χ0n) is 6.15. The van der Waals surface area contributed by atoms with Gasteiger partial charge in [0.1, 0.15) is 0 Å². The van der Waals surface area contributed by atoms with Gasteiger partial charge in [-0.05, 0) is 32.6 Å². The Hall–Kier alpha value is -0.510. The van der Waals surface area contributed by atoms with E-state index in [9.17, 15) is 0 Å². The zero-order chi connectivity index (χ0) is 6.91. The van der Waals surface area contributed by atoms with Crippen molar-refractivity contribution in [1.82, 2.24) is 0 Å². The van der Waals surface area contributed by atoms with Crippen LogP contribution in [0.1, 0.15) is 33.1 Å². The van der Waals surface area contributed by atoms with E-state index in [0.29, 0.717) is 5.92 Å². The normalized spacial score (nSPS) is 20.6. The van der Waals surface area contributed by atoms with Crippen LogP contribution in [0.4, 0.5) is 0 Å². The van der Waals surface area contributed by atoms with Crippen LogP contribution in [0.15, 0.2) is 0 Å². The van der Waals surface area contributed by atoms with Crippen molar-refractivity contribution in [3.8, 4) is 6.07 Å². The van der Waals surface area contributed by atoms with E-state index in [-0.39, 0.29) is 5.41 Å². The first-order valence-electron chi connectivity index (χ1n) is 3.58. The summed E-state index contributed by atoms with van der Waals surface area (Å²) in [6, 6.07) is 2.34. The molecule has 50 valence electrons. The Kier molecular flexibility index (Phi) is 1.48. The summed E-state index contributed by atoms with van der Waals surface area (Å²) in [6.07, 6.45) is 3.86. The predicted molar refractivity (Wildman–Crippen MR) is 36.7 cm³/mol. The highest BCUT2D eigenvalue weighted by Gasteiger charge is 2.33. The van der Waals surface area contributed by atoms with Crippen LogP contribution in [-0.4, -0.2) is 0 Å². The second kappa shape index (κ2) is 2.02. The lowest BCUT2D eigenvalue weighted by Gasteiger charge is -2.34. The molecule has 0 bridgehead atoms. The maximum Gasteiger partial charge on any atom is 0.0686 e. The third-order valence-corrected chi connectivity index (χ3v) is 2.41. The van der Waals surface area contributed by atoms with Crippen LogP contribution in [0.25, 0.3) is 0 Å². The van der Waals surface area contributed by atoms with Gasteiger partial charge in [0.05, 0.1) is 11.5 Å². The van der Waals surface area contributed by atoms with Crippen LogP contribution in [0.3, 0.4) is 0 Å². The largest absolute Gasteiger partial charge is 0.198 e. The molecule has 1 rings (SSSR count). The van der Waals surface area contributed by atoms with E-state index < -0.39 is 0 Å². The van der Waals surface area contributed by atoms with Crippen molar-refractivity contribution >= 4 is 0 Å². The van der Waals surface area contributed by atoms with E-state index >= 15 is 0 Å². The molecule has 0 amide bonds. The fraction of sp³-hybridized carbons (Fsp3) is 0.875. The lowest BCUT2D eigenvalue weighted by atomic mass is 9.68. The first kappa shape index (κ1) is 6.61. The van der Waals surface area contributed by atoms with E-state index in [0.717, 1.165) is 0 Å². The second-order valence-electron chi connectivity index (χ2n) is 3.46. The van der Waals surface area contributed by atoms with Gasteiger partial charge in [-0.3, -0.25) is 0 Å². The highest BCUT2D eigenvalue weighted by molar-refractivity contribution is 4.99. The Morgan fingerprint density at radius 3 is 2.11 bits per heavy atom. The van der Waals surface area contributed by atoms with E-state index in [4.69, 9.17) is 5.26 Å². The Morgan fingerprint density at radius 1 is 1.44 bits per heavy atom. The van der Waals surface area contributed by atoms with Gasteiger partial charge < -0.3 is 0 Å². The molecule has 0 aliphatic heterocycles. The molecule has 1 fully saturated rings. The van der Waals surface area contributed by atoms with Crippen molar-refractivity contribution in [1.29, 1.82) is 5.26 Å². The van der Waals surface area contributed by atoms with Crippen molar-refractivity contribution < 1.29 is 0 Å². The van der Waals surface area contributed by atoms with Gasteiger partial charge in [-0.15, -0.1) is 0 Å². The minimum Gasteiger partial charge on any atom is -0.198 e. The Balaban J connectivity index is 2.50. The minimum atomic E-state index is -0.0573. The predicted octanol–water partition coefficient (Wildman–Crippen LogP) is 2.34. The molecule has 1 aliphatic rings. The molecule has 1 aliphatic carbocycles. The maximum absolute atomic E-state index is 8.68. The summed E-state index contributed by atoms with van der Waals surface area (Å²) in [4.78, 5) is 0. The van der Waals surface area contributed by atoms with Gasteiger partial charge in [0.25, 0.3) is 0 Å². The molecule has 0 aromatic heterocycles. The van der Waals surface area contributed by atoms with Gasteiger partial charge in [0, 0.05) is 0 Å². The summed E-state index contributed by atoms with van der Waals surface area (Å²) in [5.41, 5.74) is -0.0573. The second-order valence-corrected chi connectivity index (χ2v) is 3.46. The molecule has 9 heavy (non-hydrogen) atoms. The molecule has 0 atom stereocenters. The number of hydrogen-bond donors (Lipinski definition) is 0. The summed E-state index contributed by atoms with van der Waals surface area (Å²) in [5, 5.41) is 8.68. The van der Waals surface area contributed by atoms with Crippen molar-refractivity contribution in [2.45, 2.75) is 33.1 Å². The fourth-order valence-electron chi connectivity index (χ4n) is 1.22. The summed E-state index contributed by atoms with van der Waals surface area (Å²) in [7, 11) is 0. The molecule has 0 heterocycles. The molecule has 1 heteroatoms. The fourth-order valence-corrected chi connectivity index (χ4v) is 1.22. The molecule has 0 saturated heterocycles. The Labute approximate surface area is 56.7 Å². The maximum atomic E-state index is 8.68. The number of nitrogens with zero attached hydrogens (tertiary/aromatic N) is 1. The Morgan fingerprint density at radius 2 is 2.00 bits per heavy atom. The first-order valence-corrected chi connectivity index (χ1v) is 3.58. The molecule has 0 aromatic rings. The molecule has 1 saturated carbocycles. The van der Waals surface area contributed by atoms with E-state index in [2.05, 4.69) is 6.07 Å². The van der Waals surface area contributed by atoms with Crippen molar-refractivity contribution in [2.75, 3.05) is 0 Å². The molecule has 0 radical (unpaired) electrons. The van der Waals surface area contributed by atoms with Gasteiger partial charge in [-0.1, -0.05) is 6.42 Å². The van der Waals surface area contributed by atoms with Crippen LogP contribution in [-0.2, 0) is 0 Å². The number of nitriles is 1. The third-order valence-electron chi connectivity index (χ3n) is 2.41. The molecule has 0 aromatic carbocycles. The monoisotopic (exact) mass is 123 g/mol. The first-order chi connectivity index (χ1) is 4.17. The topological polar surface area (TPSA) is 23.8 Å². The van der Waals surface area contributed by atoms with E-state index in [1.54, 1.807) is 0 Å². The van der Waals surface area contributed by atoms with Crippen molar-refractivity contribution in [3.05, 3.63) is 0 Å². The molecular formula is C8H13N. The zero-order valence-corrected chi connectivity index (χ0v) is 6.15. The van der Waals surface area contributed by atoms with Crippen molar-refractivity contribution in [2.24, 2.45) is 11.3 Å². The van der Waals surface area contributed by atoms with Crippen LogP contribution in [0.5, 0.6) is 0 Å². The highest BCUT2D eigenvalue weighted by atomic mass is 14.4. The third kappa shape index (κ3) is 1.08. The SMILES string of the molecule is CC(C)(C#N)C1CCC1. The Bertz CT molecular complexity index is 137. The van der Waals surface area contributed by atoms with Gasteiger partial charge >= 0.3 is 0 Å². The molecule has 1 nitrogen and oxygen atoms in total. The average Bonchev–Trinajstić information content (AvgIpc) is 1.60.